The van der Waals surface area contributed by atoms with Crippen LogP contribution >= 0.6 is 27.7 Å². The van der Waals surface area contributed by atoms with Crippen molar-refractivity contribution in [3.8, 4) is 0 Å². The van der Waals surface area contributed by atoms with Crippen molar-refractivity contribution in [2.24, 2.45) is 0 Å². The van der Waals surface area contributed by atoms with E-state index in [1.165, 1.54) is 4.90 Å². The van der Waals surface area contributed by atoms with E-state index in [0.717, 1.165) is 15.7 Å². The highest BCUT2D eigenvalue weighted by molar-refractivity contribution is 9.10. The van der Waals surface area contributed by atoms with Gasteiger partial charge in [0.15, 0.2) is 0 Å². The number of aliphatic hydroxyl groups excluding tert-OH is 1. The molecule has 0 saturated heterocycles. The molecule has 2 N–H and O–H groups in total. The zero-order valence-electron chi connectivity index (χ0n) is 10.6. The molecule has 0 fully saturated rings. The summed E-state index contributed by atoms with van der Waals surface area (Å²) in [4.78, 5) is 1.18. The van der Waals surface area contributed by atoms with Gasteiger partial charge in [-0.3, -0.25) is 0 Å². The lowest BCUT2D eigenvalue weighted by Gasteiger charge is -2.15. The second kappa shape index (κ2) is 6.98. The number of rotatable bonds is 5. The van der Waals surface area contributed by atoms with Gasteiger partial charge in [-0.15, -0.1) is 11.8 Å². The van der Waals surface area contributed by atoms with E-state index in [2.05, 4.69) is 27.3 Å². The van der Waals surface area contributed by atoms with Crippen molar-refractivity contribution < 1.29 is 5.11 Å². The van der Waals surface area contributed by atoms with Crippen LogP contribution in [0.3, 0.4) is 0 Å². The maximum Gasteiger partial charge on any atom is 0.0962 e. The highest BCUT2D eigenvalue weighted by Crippen LogP contribution is 2.25. The third kappa shape index (κ3) is 4.00. The summed E-state index contributed by atoms with van der Waals surface area (Å²) >= 11 is 5.11. The monoisotopic (exact) mass is 337 g/mol. The maximum absolute atomic E-state index is 10.2. The van der Waals surface area contributed by atoms with E-state index in [9.17, 15) is 5.11 Å². The molecule has 0 aliphatic carbocycles. The fourth-order valence-corrected chi connectivity index (χ4v) is 2.82. The molecule has 2 nitrogen and oxygen atoms in total. The molecule has 0 bridgehead atoms. The van der Waals surface area contributed by atoms with Crippen molar-refractivity contribution in [3.05, 3.63) is 58.6 Å². The molecule has 0 amide bonds. The molecule has 0 aliphatic heterocycles. The predicted molar refractivity (Wildman–Crippen MR) is 85.8 cm³/mol. The summed E-state index contributed by atoms with van der Waals surface area (Å²) in [6, 6.07) is 15.8. The van der Waals surface area contributed by atoms with Crippen molar-refractivity contribution in [1.29, 1.82) is 0 Å². The summed E-state index contributed by atoms with van der Waals surface area (Å²) in [6.45, 7) is 0.494. The average Bonchev–Trinajstić information content (AvgIpc) is 2.45. The Bertz CT molecular complexity index is 547. The van der Waals surface area contributed by atoms with Gasteiger partial charge in [0, 0.05) is 21.6 Å². The van der Waals surface area contributed by atoms with Crippen LogP contribution in [0.5, 0.6) is 0 Å². The minimum Gasteiger partial charge on any atom is -0.387 e. The standard InChI is InChI=1S/C15H16BrNOS/c1-19-15-8-3-2-7-13(15)17-10-14(18)11-5-4-6-12(16)9-11/h2-9,14,17-18H,10H2,1H3. The number of benzene rings is 2. The molecule has 0 radical (unpaired) electrons. The van der Waals surface area contributed by atoms with Gasteiger partial charge in [0.25, 0.3) is 0 Å². The van der Waals surface area contributed by atoms with Crippen molar-refractivity contribution in [2.45, 2.75) is 11.0 Å². The number of aliphatic hydroxyl groups is 1. The number of hydrogen-bond acceptors (Lipinski definition) is 3. The Morgan fingerprint density at radius 2 is 2.00 bits per heavy atom. The number of hydrogen-bond donors (Lipinski definition) is 2. The molecule has 0 saturated carbocycles. The zero-order chi connectivity index (χ0) is 13.7. The summed E-state index contributed by atoms with van der Waals surface area (Å²) in [5.41, 5.74) is 1.97. The van der Waals surface area contributed by atoms with E-state index >= 15 is 0 Å². The van der Waals surface area contributed by atoms with Crippen LogP contribution in [0.25, 0.3) is 0 Å². The van der Waals surface area contributed by atoms with E-state index < -0.39 is 6.10 Å². The summed E-state index contributed by atoms with van der Waals surface area (Å²) < 4.78 is 0.980. The third-order valence-electron chi connectivity index (χ3n) is 2.83. The van der Waals surface area contributed by atoms with Crippen LogP contribution in [0, 0.1) is 0 Å². The molecule has 0 spiro atoms. The summed E-state index contributed by atoms with van der Waals surface area (Å²) in [7, 11) is 0. The first-order valence-corrected chi connectivity index (χ1v) is 8.03. The van der Waals surface area contributed by atoms with Crippen LogP contribution in [-0.4, -0.2) is 17.9 Å². The zero-order valence-corrected chi connectivity index (χ0v) is 13.0. The second-order valence-electron chi connectivity index (χ2n) is 4.15. The van der Waals surface area contributed by atoms with Gasteiger partial charge in [-0.25, -0.2) is 0 Å². The lowest BCUT2D eigenvalue weighted by Crippen LogP contribution is -2.12. The largest absolute Gasteiger partial charge is 0.387 e. The van der Waals surface area contributed by atoms with Crippen LogP contribution in [-0.2, 0) is 0 Å². The van der Waals surface area contributed by atoms with Gasteiger partial charge < -0.3 is 10.4 Å². The molecular formula is C15H16BrNOS. The quantitative estimate of drug-likeness (QED) is 0.797. The second-order valence-corrected chi connectivity index (χ2v) is 5.92. The Balaban J connectivity index is 2.02. The van der Waals surface area contributed by atoms with Crippen LogP contribution in [0.15, 0.2) is 57.9 Å². The summed E-state index contributed by atoms with van der Waals surface area (Å²) in [6.07, 6.45) is 1.53. The molecule has 19 heavy (non-hydrogen) atoms. The van der Waals surface area contributed by atoms with Gasteiger partial charge in [0.05, 0.1) is 6.10 Å². The maximum atomic E-state index is 10.2. The Kier molecular flexibility index (Phi) is 5.31. The van der Waals surface area contributed by atoms with Crippen molar-refractivity contribution in [1.82, 2.24) is 0 Å². The smallest absolute Gasteiger partial charge is 0.0962 e. The van der Waals surface area contributed by atoms with Gasteiger partial charge in [-0.2, -0.15) is 0 Å². The van der Waals surface area contributed by atoms with E-state index in [1.54, 1.807) is 11.8 Å². The first-order valence-electron chi connectivity index (χ1n) is 6.01. The number of nitrogens with one attached hydrogen (secondary N) is 1. The normalized spacial score (nSPS) is 12.2. The highest BCUT2D eigenvalue weighted by Gasteiger charge is 2.08. The average molecular weight is 338 g/mol. The van der Waals surface area contributed by atoms with Gasteiger partial charge in [0.2, 0.25) is 0 Å². The van der Waals surface area contributed by atoms with Crippen LogP contribution < -0.4 is 5.32 Å². The Morgan fingerprint density at radius 3 is 2.74 bits per heavy atom. The molecule has 1 unspecified atom stereocenters. The van der Waals surface area contributed by atoms with Crippen LogP contribution in [0.2, 0.25) is 0 Å². The Labute approximate surface area is 126 Å². The number of thioether (sulfide) groups is 1. The van der Waals surface area contributed by atoms with E-state index in [0.29, 0.717) is 6.54 Å². The summed E-state index contributed by atoms with van der Waals surface area (Å²) in [5.74, 6) is 0. The van der Waals surface area contributed by atoms with E-state index in [-0.39, 0.29) is 0 Å². The van der Waals surface area contributed by atoms with Crippen LogP contribution in [0.1, 0.15) is 11.7 Å². The van der Waals surface area contributed by atoms with Gasteiger partial charge in [-0.1, -0.05) is 40.2 Å². The predicted octanol–water partition coefficient (Wildman–Crippen LogP) is 4.32. The molecule has 2 aromatic carbocycles. The molecule has 0 aliphatic rings. The first-order chi connectivity index (χ1) is 9.20. The third-order valence-corrected chi connectivity index (χ3v) is 4.12. The molecular weight excluding hydrogens is 322 g/mol. The van der Waals surface area contributed by atoms with Crippen molar-refractivity contribution in [2.75, 3.05) is 18.1 Å². The van der Waals surface area contributed by atoms with Crippen molar-refractivity contribution >= 4 is 33.4 Å². The lowest BCUT2D eigenvalue weighted by molar-refractivity contribution is 0.191. The number of anilines is 1. The molecule has 100 valence electrons. The molecule has 0 heterocycles. The number of para-hydroxylation sites is 1. The van der Waals surface area contributed by atoms with E-state index in [1.807, 2.05) is 48.7 Å². The first kappa shape index (κ1) is 14.4. The Morgan fingerprint density at radius 1 is 1.21 bits per heavy atom. The highest BCUT2D eigenvalue weighted by atomic mass is 79.9. The summed E-state index contributed by atoms with van der Waals surface area (Å²) in [5, 5.41) is 13.5. The van der Waals surface area contributed by atoms with Gasteiger partial charge in [-0.05, 0) is 36.1 Å². The van der Waals surface area contributed by atoms with Crippen molar-refractivity contribution in [3.63, 3.8) is 0 Å². The number of halogens is 1. The topological polar surface area (TPSA) is 32.3 Å². The van der Waals surface area contributed by atoms with Gasteiger partial charge in [0.1, 0.15) is 0 Å². The molecule has 0 aromatic heterocycles. The fourth-order valence-electron chi connectivity index (χ4n) is 1.83. The van der Waals surface area contributed by atoms with Crippen LogP contribution in [0.4, 0.5) is 5.69 Å². The fraction of sp³-hybridized carbons (Fsp3) is 0.200. The Hall–Kier alpha value is -0.970. The molecule has 1 atom stereocenters. The molecule has 4 heteroatoms. The minimum absolute atomic E-state index is 0.494. The lowest BCUT2D eigenvalue weighted by atomic mass is 10.1. The molecule has 2 rings (SSSR count). The molecule has 2 aromatic rings. The van der Waals surface area contributed by atoms with E-state index in [4.69, 9.17) is 0 Å². The SMILES string of the molecule is CSc1ccccc1NCC(O)c1cccc(Br)c1. The minimum atomic E-state index is -0.521. The van der Waals surface area contributed by atoms with Gasteiger partial charge >= 0.3 is 0 Å².